The molecule has 1 saturated heterocycles. The van der Waals surface area contributed by atoms with Gasteiger partial charge in [0.2, 0.25) is 0 Å². The van der Waals surface area contributed by atoms with Crippen molar-refractivity contribution < 1.29 is 19.4 Å². The van der Waals surface area contributed by atoms with Crippen molar-refractivity contribution >= 4 is 5.97 Å². The molecule has 0 radical (unpaired) electrons. The molecule has 1 aromatic carbocycles. The third-order valence-electron chi connectivity index (χ3n) is 4.59. The van der Waals surface area contributed by atoms with Crippen molar-refractivity contribution in [3.05, 3.63) is 24.3 Å². The first-order chi connectivity index (χ1) is 10.1. The van der Waals surface area contributed by atoms with E-state index >= 15 is 0 Å². The molecule has 3 rings (SSSR count). The highest BCUT2D eigenvalue weighted by atomic mass is 16.6. The molecule has 2 aliphatic heterocycles. The zero-order valence-electron chi connectivity index (χ0n) is 12.2. The summed E-state index contributed by atoms with van der Waals surface area (Å²) in [4.78, 5) is 13.7. The minimum atomic E-state index is -0.682. The van der Waals surface area contributed by atoms with Gasteiger partial charge in [0, 0.05) is 13.1 Å². The normalized spacial score (nSPS) is 28.5. The van der Waals surface area contributed by atoms with Crippen LogP contribution in [0.3, 0.4) is 0 Å². The molecule has 0 amide bonds. The van der Waals surface area contributed by atoms with E-state index in [1.807, 2.05) is 31.2 Å². The number of ether oxygens (including phenoxy) is 2. The van der Waals surface area contributed by atoms with Crippen molar-refractivity contribution in [1.29, 1.82) is 0 Å². The van der Waals surface area contributed by atoms with Crippen LogP contribution in [0.15, 0.2) is 24.3 Å². The molecule has 0 saturated carbocycles. The highest BCUT2D eigenvalue weighted by Crippen LogP contribution is 2.35. The van der Waals surface area contributed by atoms with E-state index < -0.39 is 11.4 Å². The van der Waals surface area contributed by atoms with Crippen LogP contribution in [-0.2, 0) is 4.79 Å². The van der Waals surface area contributed by atoms with Gasteiger partial charge in [0.25, 0.3) is 0 Å². The Kier molecular flexibility index (Phi) is 3.76. The maximum absolute atomic E-state index is 11.5. The number of hydrogen-bond donors (Lipinski definition) is 1. The number of para-hydroxylation sites is 2. The van der Waals surface area contributed by atoms with Crippen LogP contribution in [0.2, 0.25) is 0 Å². The van der Waals surface area contributed by atoms with E-state index in [0.717, 1.165) is 18.0 Å². The minimum absolute atomic E-state index is 0.0404. The number of fused-ring (bicyclic) bond motifs is 1. The van der Waals surface area contributed by atoms with E-state index in [1.54, 1.807) is 0 Å². The van der Waals surface area contributed by atoms with E-state index in [2.05, 4.69) is 4.90 Å². The molecule has 0 aliphatic carbocycles. The fourth-order valence-corrected chi connectivity index (χ4v) is 3.17. The number of benzene rings is 1. The monoisotopic (exact) mass is 291 g/mol. The molecular formula is C16H21NO4. The summed E-state index contributed by atoms with van der Waals surface area (Å²) < 4.78 is 11.6. The molecule has 1 fully saturated rings. The Hall–Kier alpha value is -1.75. The Morgan fingerprint density at radius 3 is 2.86 bits per heavy atom. The lowest BCUT2D eigenvalue weighted by molar-refractivity contribution is -0.148. The van der Waals surface area contributed by atoms with Gasteiger partial charge in [-0.3, -0.25) is 9.69 Å². The van der Waals surface area contributed by atoms with Crippen LogP contribution in [-0.4, -0.2) is 48.3 Å². The molecule has 2 aliphatic rings. The molecule has 0 aromatic heterocycles. The fourth-order valence-electron chi connectivity index (χ4n) is 3.17. The Bertz CT molecular complexity index is 533. The topological polar surface area (TPSA) is 59.0 Å². The number of rotatable bonds is 4. The van der Waals surface area contributed by atoms with Crippen LogP contribution >= 0.6 is 0 Å². The van der Waals surface area contributed by atoms with E-state index in [4.69, 9.17) is 9.47 Å². The summed E-state index contributed by atoms with van der Waals surface area (Å²) in [6.07, 6.45) is 1.34. The summed E-state index contributed by atoms with van der Waals surface area (Å²) in [5.41, 5.74) is -0.590. The van der Waals surface area contributed by atoms with E-state index in [0.29, 0.717) is 32.5 Å². The highest BCUT2D eigenvalue weighted by molar-refractivity contribution is 5.75. The van der Waals surface area contributed by atoms with E-state index in [-0.39, 0.29) is 6.10 Å². The summed E-state index contributed by atoms with van der Waals surface area (Å²) in [5, 5.41) is 9.43. The number of carboxylic acids is 1. The SMILES string of the molecule is CCC1(C(=O)O)CCN(CC2COc3ccccc3O2)C1. The van der Waals surface area contributed by atoms with Gasteiger partial charge < -0.3 is 14.6 Å². The van der Waals surface area contributed by atoms with Crippen LogP contribution in [0.1, 0.15) is 19.8 Å². The van der Waals surface area contributed by atoms with Crippen LogP contribution < -0.4 is 9.47 Å². The predicted octanol–water partition coefficient (Wildman–Crippen LogP) is 2.01. The third-order valence-corrected chi connectivity index (χ3v) is 4.59. The Labute approximate surface area is 124 Å². The number of carboxylic acid groups (broad SMARTS) is 1. The van der Waals surface area contributed by atoms with Crippen molar-refractivity contribution in [3.8, 4) is 11.5 Å². The maximum atomic E-state index is 11.5. The molecule has 1 aromatic rings. The highest BCUT2D eigenvalue weighted by Gasteiger charge is 2.43. The largest absolute Gasteiger partial charge is 0.486 e. The lowest BCUT2D eigenvalue weighted by Gasteiger charge is -2.30. The molecule has 2 heterocycles. The lowest BCUT2D eigenvalue weighted by Crippen LogP contribution is -2.42. The first-order valence-electron chi connectivity index (χ1n) is 7.47. The van der Waals surface area contributed by atoms with Gasteiger partial charge in [-0.25, -0.2) is 0 Å². The van der Waals surface area contributed by atoms with E-state index in [9.17, 15) is 9.90 Å². The second-order valence-electron chi connectivity index (χ2n) is 5.92. The van der Waals surface area contributed by atoms with Crippen LogP contribution in [0.5, 0.6) is 11.5 Å². The zero-order valence-corrected chi connectivity index (χ0v) is 12.2. The third kappa shape index (κ3) is 2.70. The predicted molar refractivity (Wildman–Crippen MR) is 77.8 cm³/mol. The molecule has 5 heteroatoms. The summed E-state index contributed by atoms with van der Waals surface area (Å²) >= 11 is 0. The minimum Gasteiger partial charge on any atom is -0.486 e. The molecule has 5 nitrogen and oxygen atoms in total. The Morgan fingerprint density at radius 1 is 1.43 bits per heavy atom. The molecule has 1 N–H and O–H groups in total. The molecule has 0 bridgehead atoms. The van der Waals surface area contributed by atoms with Gasteiger partial charge in [-0.05, 0) is 31.5 Å². The summed E-state index contributed by atoms with van der Waals surface area (Å²) in [5.74, 6) is 0.871. The molecular weight excluding hydrogens is 270 g/mol. The van der Waals surface area contributed by atoms with Gasteiger partial charge in [-0.2, -0.15) is 0 Å². The van der Waals surface area contributed by atoms with Gasteiger partial charge in [0.15, 0.2) is 11.5 Å². The Balaban J connectivity index is 1.61. The molecule has 0 spiro atoms. The average molecular weight is 291 g/mol. The fraction of sp³-hybridized carbons (Fsp3) is 0.562. The van der Waals surface area contributed by atoms with Crippen molar-refractivity contribution in [3.63, 3.8) is 0 Å². The quantitative estimate of drug-likeness (QED) is 0.919. The molecule has 114 valence electrons. The average Bonchev–Trinajstić information content (AvgIpc) is 2.92. The lowest BCUT2D eigenvalue weighted by atomic mass is 9.84. The van der Waals surface area contributed by atoms with Crippen LogP contribution in [0, 0.1) is 5.41 Å². The Morgan fingerprint density at radius 2 is 2.19 bits per heavy atom. The van der Waals surface area contributed by atoms with Gasteiger partial charge in [-0.1, -0.05) is 19.1 Å². The van der Waals surface area contributed by atoms with Crippen molar-refractivity contribution in [2.45, 2.75) is 25.9 Å². The van der Waals surface area contributed by atoms with Crippen molar-refractivity contribution in [2.75, 3.05) is 26.2 Å². The standard InChI is InChI=1S/C16H21NO4/c1-2-16(15(18)19)7-8-17(11-16)9-12-10-20-13-5-3-4-6-14(13)21-12/h3-6,12H,2,7-11H2,1H3,(H,18,19). The molecule has 2 unspecified atom stereocenters. The van der Waals surface area contributed by atoms with Gasteiger partial charge >= 0.3 is 5.97 Å². The molecule has 21 heavy (non-hydrogen) atoms. The number of aliphatic carboxylic acids is 1. The van der Waals surface area contributed by atoms with E-state index in [1.165, 1.54) is 0 Å². The van der Waals surface area contributed by atoms with Gasteiger partial charge in [-0.15, -0.1) is 0 Å². The summed E-state index contributed by atoms with van der Waals surface area (Å²) in [6.45, 7) is 4.58. The summed E-state index contributed by atoms with van der Waals surface area (Å²) in [7, 11) is 0. The van der Waals surface area contributed by atoms with Crippen LogP contribution in [0.4, 0.5) is 0 Å². The first-order valence-corrected chi connectivity index (χ1v) is 7.47. The number of hydrogen-bond acceptors (Lipinski definition) is 4. The second kappa shape index (κ2) is 5.56. The number of nitrogens with zero attached hydrogens (tertiary/aromatic N) is 1. The number of carbonyl (C=O) groups is 1. The van der Waals surface area contributed by atoms with Crippen molar-refractivity contribution in [2.24, 2.45) is 5.41 Å². The van der Waals surface area contributed by atoms with Crippen molar-refractivity contribution in [1.82, 2.24) is 4.90 Å². The second-order valence-corrected chi connectivity index (χ2v) is 5.92. The van der Waals surface area contributed by atoms with Crippen LogP contribution in [0.25, 0.3) is 0 Å². The first kappa shape index (κ1) is 14.2. The zero-order chi connectivity index (χ0) is 14.9. The summed E-state index contributed by atoms with van der Waals surface area (Å²) in [6, 6.07) is 7.64. The van der Waals surface area contributed by atoms with Gasteiger partial charge in [0.05, 0.1) is 5.41 Å². The molecule has 2 atom stereocenters. The number of likely N-dealkylation sites (tertiary alicyclic amines) is 1. The smallest absolute Gasteiger partial charge is 0.310 e. The van der Waals surface area contributed by atoms with Gasteiger partial charge in [0.1, 0.15) is 12.7 Å². The maximum Gasteiger partial charge on any atom is 0.310 e.